The van der Waals surface area contributed by atoms with Gasteiger partial charge in [0.25, 0.3) is 0 Å². The third-order valence-corrected chi connectivity index (χ3v) is 4.60. The molecule has 1 aromatic carbocycles. The molecule has 84 valence electrons. The Balaban J connectivity index is 2.33. The second kappa shape index (κ2) is 4.23. The first kappa shape index (κ1) is 11.1. The van der Waals surface area contributed by atoms with Gasteiger partial charge < -0.3 is 5.73 Å². The van der Waals surface area contributed by atoms with Gasteiger partial charge in [0.2, 0.25) is 0 Å². The maximum absolute atomic E-state index is 12.0. The summed E-state index contributed by atoms with van der Waals surface area (Å²) in [5.74, 6) is -0.0753. The molecule has 0 aliphatic heterocycles. The van der Waals surface area contributed by atoms with Crippen LogP contribution in [0.2, 0.25) is 0 Å². The van der Waals surface area contributed by atoms with Crippen LogP contribution in [0.1, 0.15) is 5.01 Å². The van der Waals surface area contributed by atoms with Crippen molar-refractivity contribution in [3.8, 4) is 0 Å². The molecule has 16 heavy (non-hydrogen) atoms. The normalized spacial score (nSPS) is 11.5. The van der Waals surface area contributed by atoms with Crippen LogP contribution in [0.3, 0.4) is 0 Å². The minimum atomic E-state index is -3.34. The fourth-order valence-corrected chi connectivity index (χ4v) is 3.58. The summed E-state index contributed by atoms with van der Waals surface area (Å²) in [6, 6.07) is 6.29. The van der Waals surface area contributed by atoms with Crippen molar-refractivity contribution >= 4 is 26.9 Å². The van der Waals surface area contributed by atoms with Crippen molar-refractivity contribution in [2.45, 2.75) is 10.6 Å². The van der Waals surface area contributed by atoms with Gasteiger partial charge in [0.05, 0.1) is 4.90 Å². The van der Waals surface area contributed by atoms with E-state index in [9.17, 15) is 8.42 Å². The molecule has 0 amide bonds. The number of rotatable bonds is 3. The lowest BCUT2D eigenvalue weighted by Crippen LogP contribution is -2.05. The highest BCUT2D eigenvalue weighted by molar-refractivity contribution is 7.90. The standard InChI is InChI=1S/C10H10N2O2S2/c11-8-2-1-3-9(6-8)16(13,14)7-10-12-4-5-15-10/h1-6H,7,11H2. The van der Waals surface area contributed by atoms with E-state index in [1.54, 1.807) is 29.8 Å². The van der Waals surface area contributed by atoms with Crippen molar-refractivity contribution in [3.05, 3.63) is 40.8 Å². The summed E-state index contributed by atoms with van der Waals surface area (Å²) >= 11 is 1.33. The molecular formula is C10H10N2O2S2. The highest BCUT2D eigenvalue weighted by Gasteiger charge is 2.16. The number of nitrogens with zero attached hydrogens (tertiary/aromatic N) is 1. The minimum absolute atomic E-state index is 0.0753. The van der Waals surface area contributed by atoms with Crippen molar-refractivity contribution < 1.29 is 8.42 Å². The van der Waals surface area contributed by atoms with E-state index in [-0.39, 0.29) is 10.6 Å². The molecule has 0 spiro atoms. The summed E-state index contributed by atoms with van der Waals surface area (Å²) in [5, 5.41) is 2.34. The fraction of sp³-hybridized carbons (Fsp3) is 0.100. The van der Waals surface area contributed by atoms with E-state index in [0.717, 1.165) is 0 Å². The monoisotopic (exact) mass is 254 g/mol. The molecule has 0 saturated carbocycles. The van der Waals surface area contributed by atoms with Crippen molar-refractivity contribution in [3.63, 3.8) is 0 Å². The zero-order valence-electron chi connectivity index (χ0n) is 8.33. The van der Waals surface area contributed by atoms with Gasteiger partial charge in [-0.1, -0.05) is 6.07 Å². The Morgan fingerprint density at radius 1 is 1.38 bits per heavy atom. The Morgan fingerprint density at radius 2 is 2.19 bits per heavy atom. The Hall–Kier alpha value is -1.40. The Kier molecular flexibility index (Phi) is 2.93. The summed E-state index contributed by atoms with van der Waals surface area (Å²) in [4.78, 5) is 4.20. The molecule has 1 heterocycles. The first-order chi connectivity index (χ1) is 7.58. The van der Waals surface area contributed by atoms with E-state index in [0.29, 0.717) is 10.7 Å². The van der Waals surface area contributed by atoms with E-state index < -0.39 is 9.84 Å². The molecule has 0 saturated heterocycles. The highest BCUT2D eigenvalue weighted by Crippen LogP contribution is 2.19. The number of sulfone groups is 1. The summed E-state index contributed by atoms with van der Waals surface area (Å²) in [7, 11) is -3.34. The van der Waals surface area contributed by atoms with Crippen LogP contribution < -0.4 is 5.73 Å². The number of aromatic nitrogens is 1. The molecule has 2 aromatic rings. The van der Waals surface area contributed by atoms with E-state index in [4.69, 9.17) is 5.73 Å². The summed E-state index contributed by atoms with van der Waals surface area (Å²) in [6.07, 6.45) is 1.59. The molecule has 0 bridgehead atoms. The molecule has 0 unspecified atom stereocenters. The van der Waals surface area contributed by atoms with Crippen molar-refractivity contribution in [2.75, 3.05) is 5.73 Å². The van der Waals surface area contributed by atoms with Crippen LogP contribution in [0.5, 0.6) is 0 Å². The number of anilines is 1. The minimum Gasteiger partial charge on any atom is -0.399 e. The number of nitrogen functional groups attached to an aromatic ring is 1. The average molecular weight is 254 g/mol. The van der Waals surface area contributed by atoms with Gasteiger partial charge >= 0.3 is 0 Å². The highest BCUT2D eigenvalue weighted by atomic mass is 32.2. The lowest BCUT2D eigenvalue weighted by atomic mass is 10.3. The van der Waals surface area contributed by atoms with E-state index in [1.807, 2.05) is 0 Å². The van der Waals surface area contributed by atoms with Crippen LogP contribution in [0.15, 0.2) is 40.7 Å². The Labute approximate surface area is 97.7 Å². The maximum Gasteiger partial charge on any atom is 0.184 e. The quantitative estimate of drug-likeness (QED) is 0.846. The molecule has 6 heteroatoms. The van der Waals surface area contributed by atoms with Crippen molar-refractivity contribution in [1.29, 1.82) is 0 Å². The van der Waals surface area contributed by atoms with E-state index in [1.165, 1.54) is 17.4 Å². The molecule has 2 rings (SSSR count). The van der Waals surface area contributed by atoms with Crippen LogP contribution in [0.4, 0.5) is 5.69 Å². The first-order valence-corrected chi connectivity index (χ1v) is 7.08. The second-order valence-corrected chi connectivity index (χ2v) is 6.23. The Bertz CT molecular complexity index is 577. The van der Waals surface area contributed by atoms with Gasteiger partial charge in [0, 0.05) is 17.3 Å². The van der Waals surface area contributed by atoms with Crippen LogP contribution >= 0.6 is 11.3 Å². The van der Waals surface area contributed by atoms with Crippen molar-refractivity contribution in [1.82, 2.24) is 4.98 Å². The van der Waals surface area contributed by atoms with Crippen LogP contribution in [-0.2, 0) is 15.6 Å². The maximum atomic E-state index is 12.0. The number of hydrogen-bond acceptors (Lipinski definition) is 5. The topological polar surface area (TPSA) is 73.1 Å². The van der Waals surface area contributed by atoms with E-state index in [2.05, 4.69) is 4.98 Å². The Morgan fingerprint density at radius 3 is 2.81 bits per heavy atom. The van der Waals surface area contributed by atoms with Crippen LogP contribution in [0, 0.1) is 0 Å². The van der Waals surface area contributed by atoms with Crippen LogP contribution in [0.25, 0.3) is 0 Å². The molecule has 0 radical (unpaired) electrons. The molecule has 0 aliphatic rings. The number of hydrogen-bond donors (Lipinski definition) is 1. The molecule has 0 aliphatic carbocycles. The molecule has 0 fully saturated rings. The largest absolute Gasteiger partial charge is 0.399 e. The third-order valence-electron chi connectivity index (χ3n) is 2.01. The molecule has 2 N–H and O–H groups in total. The lowest BCUT2D eigenvalue weighted by molar-refractivity contribution is 0.595. The summed E-state index contributed by atoms with van der Waals surface area (Å²) < 4.78 is 23.9. The molecule has 0 atom stereocenters. The number of thiazole rings is 1. The van der Waals surface area contributed by atoms with Gasteiger partial charge in [-0.05, 0) is 18.2 Å². The molecule has 1 aromatic heterocycles. The number of benzene rings is 1. The second-order valence-electron chi connectivity index (χ2n) is 3.26. The van der Waals surface area contributed by atoms with Gasteiger partial charge in [-0.25, -0.2) is 13.4 Å². The molecular weight excluding hydrogens is 244 g/mol. The lowest BCUT2D eigenvalue weighted by Gasteiger charge is -2.02. The first-order valence-electron chi connectivity index (χ1n) is 4.54. The van der Waals surface area contributed by atoms with Gasteiger partial charge in [-0.15, -0.1) is 11.3 Å². The van der Waals surface area contributed by atoms with Gasteiger partial charge in [0.1, 0.15) is 10.8 Å². The molecule has 4 nitrogen and oxygen atoms in total. The SMILES string of the molecule is Nc1cccc(S(=O)(=O)Cc2nccs2)c1. The van der Waals surface area contributed by atoms with Gasteiger partial charge in [-0.2, -0.15) is 0 Å². The van der Waals surface area contributed by atoms with Gasteiger partial charge in [0.15, 0.2) is 9.84 Å². The van der Waals surface area contributed by atoms with E-state index >= 15 is 0 Å². The third kappa shape index (κ3) is 2.40. The van der Waals surface area contributed by atoms with Gasteiger partial charge in [-0.3, -0.25) is 0 Å². The zero-order valence-corrected chi connectivity index (χ0v) is 9.96. The fourth-order valence-electron chi connectivity index (χ4n) is 1.28. The predicted molar refractivity (Wildman–Crippen MR) is 63.9 cm³/mol. The predicted octanol–water partition coefficient (Wildman–Crippen LogP) is 1.70. The smallest absolute Gasteiger partial charge is 0.184 e. The zero-order chi connectivity index (χ0) is 11.6. The summed E-state index contributed by atoms with van der Waals surface area (Å²) in [6.45, 7) is 0. The van der Waals surface area contributed by atoms with Crippen LogP contribution in [-0.4, -0.2) is 13.4 Å². The average Bonchev–Trinajstić information content (AvgIpc) is 2.70. The number of nitrogens with two attached hydrogens (primary N) is 1. The van der Waals surface area contributed by atoms with Crippen molar-refractivity contribution in [2.24, 2.45) is 0 Å². The summed E-state index contributed by atoms with van der Waals surface area (Å²) in [5.41, 5.74) is 6.00.